The summed E-state index contributed by atoms with van der Waals surface area (Å²) in [5.41, 5.74) is 0.748. The Morgan fingerprint density at radius 3 is 2.65 bits per heavy atom. The van der Waals surface area contributed by atoms with Gasteiger partial charge in [0.2, 0.25) is 0 Å². The van der Waals surface area contributed by atoms with E-state index in [0.717, 1.165) is 30.8 Å². The number of rotatable bonds is 7. The van der Waals surface area contributed by atoms with E-state index < -0.39 is 17.6 Å². The molecule has 46 heavy (non-hydrogen) atoms. The number of thiazole rings is 1. The van der Waals surface area contributed by atoms with Crippen LogP contribution in [0.2, 0.25) is 5.02 Å². The predicted octanol–water partition coefficient (Wildman–Crippen LogP) is 6.23. The first-order valence-corrected chi connectivity index (χ1v) is 16.3. The number of amides is 1. The van der Waals surface area contributed by atoms with E-state index in [1.54, 1.807) is 29.9 Å². The van der Waals surface area contributed by atoms with Crippen LogP contribution in [-0.2, 0) is 4.79 Å². The number of aromatic nitrogens is 4. The molecule has 2 fully saturated rings. The SMILES string of the molecule is CN1CCC[C@H]1COc1nc(N2CCN(C(=O)/C(F)=C/c3nccs3)CC2)c2cnc(-c3cccc4cccc(Cl)c34)c(F)c2n1. The van der Waals surface area contributed by atoms with Gasteiger partial charge in [0.05, 0.1) is 5.39 Å². The van der Waals surface area contributed by atoms with Gasteiger partial charge in [-0.25, -0.2) is 13.8 Å². The third-order valence-corrected chi connectivity index (χ3v) is 9.64. The van der Waals surface area contributed by atoms with Crippen LogP contribution >= 0.6 is 22.9 Å². The molecule has 0 bridgehead atoms. The van der Waals surface area contributed by atoms with Gasteiger partial charge in [0.1, 0.15) is 28.6 Å². The van der Waals surface area contributed by atoms with Crippen LogP contribution in [-0.4, -0.2) is 88.1 Å². The number of carbonyl (C=O) groups excluding carboxylic acids is 1. The van der Waals surface area contributed by atoms with E-state index in [-0.39, 0.29) is 36.4 Å². The number of hydrogen-bond donors (Lipinski definition) is 0. The summed E-state index contributed by atoms with van der Waals surface area (Å²) >= 11 is 7.83. The van der Waals surface area contributed by atoms with Crippen molar-refractivity contribution in [3.8, 4) is 17.3 Å². The second-order valence-corrected chi connectivity index (χ2v) is 12.7. The molecule has 2 aliphatic heterocycles. The second kappa shape index (κ2) is 12.9. The van der Waals surface area contributed by atoms with E-state index in [0.29, 0.717) is 51.9 Å². The number of pyridine rings is 1. The molecule has 9 nitrogen and oxygen atoms in total. The Morgan fingerprint density at radius 1 is 1.11 bits per heavy atom. The molecular weight excluding hydrogens is 632 g/mol. The highest BCUT2D eigenvalue weighted by Gasteiger charge is 2.29. The van der Waals surface area contributed by atoms with Gasteiger partial charge in [0.25, 0.3) is 5.91 Å². The van der Waals surface area contributed by atoms with Gasteiger partial charge < -0.3 is 19.4 Å². The zero-order chi connectivity index (χ0) is 31.8. The van der Waals surface area contributed by atoms with E-state index in [1.807, 2.05) is 29.2 Å². The Kier molecular flexibility index (Phi) is 8.50. The minimum absolute atomic E-state index is 0.0609. The molecule has 7 rings (SSSR count). The molecule has 0 aliphatic carbocycles. The summed E-state index contributed by atoms with van der Waals surface area (Å²) in [7, 11) is 2.05. The van der Waals surface area contributed by atoms with Crippen LogP contribution in [0.15, 0.2) is 60.0 Å². The highest BCUT2D eigenvalue weighted by atomic mass is 35.5. The molecule has 0 spiro atoms. The predicted molar refractivity (Wildman–Crippen MR) is 176 cm³/mol. The van der Waals surface area contributed by atoms with Crippen molar-refractivity contribution in [1.82, 2.24) is 29.7 Å². The fourth-order valence-corrected chi connectivity index (χ4v) is 6.95. The number of anilines is 1. The van der Waals surface area contributed by atoms with Crippen molar-refractivity contribution in [1.29, 1.82) is 0 Å². The van der Waals surface area contributed by atoms with Crippen LogP contribution in [0.1, 0.15) is 17.8 Å². The first kappa shape index (κ1) is 30.4. The van der Waals surface area contributed by atoms with E-state index in [4.69, 9.17) is 21.3 Å². The highest BCUT2D eigenvalue weighted by molar-refractivity contribution is 7.10. The summed E-state index contributed by atoms with van der Waals surface area (Å²) in [5, 5.41) is 4.61. The van der Waals surface area contributed by atoms with E-state index in [9.17, 15) is 9.18 Å². The topological polar surface area (TPSA) is 87.6 Å². The van der Waals surface area contributed by atoms with Crippen molar-refractivity contribution in [2.24, 2.45) is 0 Å². The molecule has 13 heteroatoms. The standard InChI is InChI=1S/C33H30ClF2N7O2S/c1-41-11-4-7-21(41)19-45-33-39-30-23(18-38-29(28(30)36)22-8-2-5-20-6-3-9-24(34)27(20)22)31(40-33)42-12-14-43(15-13-42)32(44)25(35)17-26-37-10-16-46-26/h2-3,5-6,8-10,16-18,21H,4,7,11-15,19H2,1H3/b25-17-/t21-/m0/s1. The largest absolute Gasteiger partial charge is 0.462 e. The lowest BCUT2D eigenvalue weighted by Gasteiger charge is -2.35. The number of fused-ring (bicyclic) bond motifs is 2. The number of piperazine rings is 1. The molecule has 236 valence electrons. The Bertz CT molecular complexity index is 1950. The second-order valence-electron chi connectivity index (χ2n) is 11.4. The van der Waals surface area contributed by atoms with Crippen molar-refractivity contribution >= 4 is 62.4 Å². The first-order chi connectivity index (χ1) is 22.4. The van der Waals surface area contributed by atoms with Gasteiger partial charge in [-0.15, -0.1) is 11.3 Å². The molecule has 2 aromatic carbocycles. The van der Waals surface area contributed by atoms with Crippen molar-refractivity contribution in [2.75, 3.05) is 51.3 Å². The smallest absolute Gasteiger partial charge is 0.319 e. The number of likely N-dealkylation sites (N-methyl/N-ethyl adjacent to an activating group) is 1. The number of ether oxygens (including phenoxy) is 1. The molecule has 1 amide bonds. The summed E-state index contributed by atoms with van der Waals surface area (Å²) in [4.78, 5) is 36.3. The molecule has 1 atom stereocenters. The van der Waals surface area contributed by atoms with Crippen molar-refractivity contribution in [3.05, 3.63) is 75.8 Å². The van der Waals surface area contributed by atoms with Crippen LogP contribution in [0.3, 0.4) is 0 Å². The lowest BCUT2D eigenvalue weighted by molar-refractivity contribution is -0.128. The summed E-state index contributed by atoms with van der Waals surface area (Å²) in [5.74, 6) is -1.73. The molecule has 2 saturated heterocycles. The molecule has 0 N–H and O–H groups in total. The summed E-state index contributed by atoms with van der Waals surface area (Å²) in [6.45, 7) is 2.53. The molecule has 0 radical (unpaired) electrons. The molecular formula is C33H30ClF2N7O2S. The van der Waals surface area contributed by atoms with Crippen LogP contribution < -0.4 is 9.64 Å². The molecule has 3 aromatic heterocycles. The maximum absolute atomic E-state index is 16.6. The normalized spacial score (nSPS) is 17.7. The van der Waals surface area contributed by atoms with E-state index in [2.05, 4.69) is 26.9 Å². The van der Waals surface area contributed by atoms with Gasteiger partial charge >= 0.3 is 6.01 Å². The van der Waals surface area contributed by atoms with Gasteiger partial charge in [0.15, 0.2) is 11.6 Å². The van der Waals surface area contributed by atoms with Crippen LogP contribution in [0, 0.1) is 5.82 Å². The van der Waals surface area contributed by atoms with Gasteiger partial charge in [-0.3, -0.25) is 9.78 Å². The number of nitrogens with zero attached hydrogens (tertiary/aromatic N) is 7. The molecule has 0 saturated carbocycles. The number of halogens is 3. The fraction of sp³-hybridized carbons (Fsp3) is 0.303. The minimum atomic E-state index is -0.865. The Labute approximate surface area is 273 Å². The summed E-state index contributed by atoms with van der Waals surface area (Å²) in [6, 6.07) is 11.4. The quantitative estimate of drug-likeness (QED) is 0.190. The van der Waals surface area contributed by atoms with Gasteiger partial charge in [-0.1, -0.05) is 41.9 Å². The minimum Gasteiger partial charge on any atom is -0.462 e. The summed E-state index contributed by atoms with van der Waals surface area (Å²) < 4.78 is 37.4. The zero-order valence-corrected chi connectivity index (χ0v) is 26.6. The van der Waals surface area contributed by atoms with Gasteiger partial charge in [0, 0.05) is 72.0 Å². The molecule has 2 aliphatic rings. The Balaban J connectivity index is 1.23. The average molecular weight is 662 g/mol. The Morgan fingerprint density at radius 2 is 1.91 bits per heavy atom. The number of hydrogen-bond acceptors (Lipinski definition) is 9. The maximum atomic E-state index is 16.6. The van der Waals surface area contributed by atoms with Crippen LogP contribution in [0.25, 0.3) is 39.0 Å². The van der Waals surface area contributed by atoms with Crippen molar-refractivity contribution < 1.29 is 18.3 Å². The van der Waals surface area contributed by atoms with Crippen molar-refractivity contribution in [3.63, 3.8) is 0 Å². The lowest BCUT2D eigenvalue weighted by Crippen LogP contribution is -2.49. The zero-order valence-electron chi connectivity index (χ0n) is 25.0. The first-order valence-electron chi connectivity index (χ1n) is 15.0. The lowest BCUT2D eigenvalue weighted by atomic mass is 10.0. The Hall–Kier alpha value is -4.26. The third kappa shape index (κ3) is 5.88. The van der Waals surface area contributed by atoms with Crippen LogP contribution in [0.4, 0.5) is 14.6 Å². The monoisotopic (exact) mass is 661 g/mol. The molecule has 0 unspecified atom stereocenters. The van der Waals surface area contributed by atoms with Crippen LogP contribution in [0.5, 0.6) is 6.01 Å². The molecule has 5 heterocycles. The number of benzene rings is 2. The molecule has 5 aromatic rings. The fourth-order valence-electron chi connectivity index (χ4n) is 6.12. The van der Waals surface area contributed by atoms with E-state index in [1.165, 1.54) is 16.2 Å². The third-order valence-electron chi connectivity index (χ3n) is 8.60. The maximum Gasteiger partial charge on any atom is 0.319 e. The van der Waals surface area contributed by atoms with E-state index >= 15 is 4.39 Å². The summed E-state index contributed by atoms with van der Waals surface area (Å²) in [6.07, 6.45) is 6.35. The van der Waals surface area contributed by atoms with Crippen molar-refractivity contribution in [2.45, 2.75) is 18.9 Å². The number of likely N-dealkylation sites (tertiary alicyclic amines) is 1. The number of carbonyl (C=O) groups is 1. The van der Waals surface area contributed by atoms with Gasteiger partial charge in [-0.05, 0) is 37.9 Å². The average Bonchev–Trinajstić information content (AvgIpc) is 3.74. The van der Waals surface area contributed by atoms with Gasteiger partial charge in [-0.2, -0.15) is 9.97 Å². The highest BCUT2D eigenvalue weighted by Crippen LogP contribution is 2.37.